The minimum atomic E-state index is -0.390. The molecule has 1 aliphatic carbocycles. The number of hydrogen-bond acceptors (Lipinski definition) is 3. The van der Waals surface area contributed by atoms with Crippen LogP contribution in [-0.2, 0) is 16.6 Å². The molecule has 136 valence electrons. The zero-order valence-corrected chi connectivity index (χ0v) is 15.3. The Bertz CT molecular complexity index is 932. The van der Waals surface area contributed by atoms with Gasteiger partial charge >= 0.3 is 0 Å². The molecular formula is C23H22N2O2. The SMILES string of the molecule is COc1ccccc1Cc1ccc(NC(=O)C2(c3ccccc3)CC2)nc1. The zero-order chi connectivity index (χ0) is 18.7. The number of carbonyl (C=O) groups excluding carboxylic acids is 1. The summed E-state index contributed by atoms with van der Waals surface area (Å²) in [5, 5.41) is 2.98. The lowest BCUT2D eigenvalue weighted by atomic mass is 9.95. The second-order valence-electron chi connectivity index (χ2n) is 6.94. The first-order valence-corrected chi connectivity index (χ1v) is 9.15. The normalized spacial score (nSPS) is 14.4. The van der Waals surface area contributed by atoms with Gasteiger partial charge in [-0.1, -0.05) is 54.6 Å². The van der Waals surface area contributed by atoms with Crippen LogP contribution >= 0.6 is 0 Å². The van der Waals surface area contributed by atoms with Gasteiger partial charge in [-0.3, -0.25) is 4.79 Å². The lowest BCUT2D eigenvalue weighted by Gasteiger charge is -2.15. The minimum Gasteiger partial charge on any atom is -0.496 e. The molecule has 0 radical (unpaired) electrons. The van der Waals surface area contributed by atoms with Crippen molar-refractivity contribution in [2.75, 3.05) is 12.4 Å². The van der Waals surface area contributed by atoms with Gasteiger partial charge in [0, 0.05) is 12.6 Å². The molecule has 4 rings (SSSR count). The van der Waals surface area contributed by atoms with E-state index in [2.05, 4.69) is 10.3 Å². The third-order valence-corrected chi connectivity index (χ3v) is 5.16. The zero-order valence-electron chi connectivity index (χ0n) is 15.3. The summed E-state index contributed by atoms with van der Waals surface area (Å²) in [6, 6.07) is 21.8. The fourth-order valence-corrected chi connectivity index (χ4v) is 3.44. The van der Waals surface area contributed by atoms with Crippen LogP contribution in [0.15, 0.2) is 72.9 Å². The molecule has 1 amide bonds. The molecule has 1 aliphatic rings. The third-order valence-electron chi connectivity index (χ3n) is 5.16. The van der Waals surface area contributed by atoms with Gasteiger partial charge in [-0.05, 0) is 41.7 Å². The van der Waals surface area contributed by atoms with E-state index in [9.17, 15) is 4.79 Å². The molecular weight excluding hydrogens is 336 g/mol. The Labute approximate surface area is 159 Å². The summed E-state index contributed by atoms with van der Waals surface area (Å²) < 4.78 is 5.40. The molecule has 0 atom stereocenters. The van der Waals surface area contributed by atoms with Gasteiger partial charge in [-0.15, -0.1) is 0 Å². The van der Waals surface area contributed by atoms with Crippen molar-refractivity contribution in [1.29, 1.82) is 0 Å². The average Bonchev–Trinajstić information content (AvgIpc) is 3.53. The molecule has 1 heterocycles. The average molecular weight is 358 g/mol. The first-order chi connectivity index (χ1) is 13.2. The number of methoxy groups -OCH3 is 1. The van der Waals surface area contributed by atoms with Crippen LogP contribution < -0.4 is 10.1 Å². The topological polar surface area (TPSA) is 51.2 Å². The van der Waals surface area contributed by atoms with Crippen molar-refractivity contribution in [2.45, 2.75) is 24.7 Å². The van der Waals surface area contributed by atoms with Gasteiger partial charge in [0.05, 0.1) is 12.5 Å². The van der Waals surface area contributed by atoms with E-state index in [4.69, 9.17) is 4.74 Å². The molecule has 1 N–H and O–H groups in total. The van der Waals surface area contributed by atoms with E-state index in [1.54, 1.807) is 7.11 Å². The lowest BCUT2D eigenvalue weighted by Crippen LogP contribution is -2.28. The van der Waals surface area contributed by atoms with Crippen LogP contribution in [0, 0.1) is 0 Å². The number of amides is 1. The fourth-order valence-electron chi connectivity index (χ4n) is 3.44. The van der Waals surface area contributed by atoms with Gasteiger partial charge in [0.1, 0.15) is 11.6 Å². The van der Waals surface area contributed by atoms with Gasteiger partial charge in [0.15, 0.2) is 0 Å². The maximum absolute atomic E-state index is 12.8. The Morgan fingerprint density at radius 2 is 1.78 bits per heavy atom. The highest BCUT2D eigenvalue weighted by Crippen LogP contribution is 2.48. The van der Waals surface area contributed by atoms with Crippen LogP contribution in [0.5, 0.6) is 5.75 Å². The summed E-state index contributed by atoms with van der Waals surface area (Å²) in [7, 11) is 1.68. The highest BCUT2D eigenvalue weighted by atomic mass is 16.5. The first-order valence-electron chi connectivity index (χ1n) is 9.15. The number of aromatic nitrogens is 1. The number of para-hydroxylation sites is 1. The molecule has 1 saturated carbocycles. The van der Waals surface area contributed by atoms with E-state index in [1.165, 1.54) is 0 Å². The number of ether oxygens (including phenoxy) is 1. The molecule has 0 aliphatic heterocycles. The van der Waals surface area contributed by atoms with Gasteiger partial charge in [-0.25, -0.2) is 4.98 Å². The van der Waals surface area contributed by atoms with Crippen LogP contribution in [0.4, 0.5) is 5.82 Å². The molecule has 0 unspecified atom stereocenters. The van der Waals surface area contributed by atoms with Crippen molar-refractivity contribution in [3.05, 3.63) is 89.6 Å². The van der Waals surface area contributed by atoms with Crippen molar-refractivity contribution in [3.63, 3.8) is 0 Å². The van der Waals surface area contributed by atoms with Crippen molar-refractivity contribution in [3.8, 4) is 5.75 Å². The molecule has 3 aromatic rings. The quantitative estimate of drug-likeness (QED) is 0.713. The molecule has 4 heteroatoms. The van der Waals surface area contributed by atoms with Crippen LogP contribution in [0.3, 0.4) is 0 Å². The molecule has 0 bridgehead atoms. The van der Waals surface area contributed by atoms with E-state index in [0.29, 0.717) is 5.82 Å². The fraction of sp³-hybridized carbons (Fsp3) is 0.217. The Hall–Kier alpha value is -3.14. The summed E-state index contributed by atoms with van der Waals surface area (Å²) in [4.78, 5) is 17.2. The van der Waals surface area contributed by atoms with Gasteiger partial charge < -0.3 is 10.1 Å². The smallest absolute Gasteiger partial charge is 0.236 e. The number of nitrogens with one attached hydrogen (secondary N) is 1. The number of hydrogen-bond donors (Lipinski definition) is 1. The second-order valence-corrected chi connectivity index (χ2v) is 6.94. The Balaban J connectivity index is 1.45. The largest absolute Gasteiger partial charge is 0.496 e. The van der Waals surface area contributed by atoms with Crippen molar-refractivity contribution in [2.24, 2.45) is 0 Å². The summed E-state index contributed by atoms with van der Waals surface area (Å²) in [5.74, 6) is 1.48. The van der Waals surface area contributed by atoms with Crippen LogP contribution in [-0.4, -0.2) is 18.0 Å². The summed E-state index contributed by atoms with van der Waals surface area (Å²) >= 11 is 0. The Morgan fingerprint density at radius 1 is 1.04 bits per heavy atom. The first kappa shape index (κ1) is 17.3. The van der Waals surface area contributed by atoms with Gasteiger partial charge in [0.25, 0.3) is 0 Å². The maximum atomic E-state index is 12.8. The number of pyridine rings is 1. The second kappa shape index (κ2) is 7.23. The monoisotopic (exact) mass is 358 g/mol. The minimum absolute atomic E-state index is 0.0266. The Kier molecular flexibility index (Phi) is 4.63. The molecule has 0 spiro atoms. The molecule has 2 aromatic carbocycles. The van der Waals surface area contributed by atoms with E-state index in [1.807, 2.05) is 72.9 Å². The number of nitrogens with zero attached hydrogens (tertiary/aromatic N) is 1. The van der Waals surface area contributed by atoms with Crippen LogP contribution in [0.1, 0.15) is 29.5 Å². The predicted octanol–water partition coefficient (Wildman–Crippen LogP) is 4.35. The standard InChI is InChI=1S/C23H22N2O2/c1-27-20-10-6-5-7-18(20)15-17-11-12-21(24-16-17)25-22(26)23(13-14-23)19-8-3-2-4-9-19/h2-12,16H,13-15H2,1H3,(H,24,25,26). The number of rotatable bonds is 6. The van der Waals surface area contributed by atoms with E-state index >= 15 is 0 Å². The Morgan fingerprint density at radius 3 is 2.44 bits per heavy atom. The van der Waals surface area contributed by atoms with Crippen molar-refractivity contribution >= 4 is 11.7 Å². The summed E-state index contributed by atoms with van der Waals surface area (Å²) in [5.41, 5.74) is 2.87. The molecule has 27 heavy (non-hydrogen) atoms. The maximum Gasteiger partial charge on any atom is 0.236 e. The molecule has 0 saturated heterocycles. The number of anilines is 1. The highest BCUT2D eigenvalue weighted by molar-refractivity contribution is 6.00. The summed E-state index contributed by atoms with van der Waals surface area (Å²) in [6.45, 7) is 0. The van der Waals surface area contributed by atoms with E-state index in [-0.39, 0.29) is 11.3 Å². The van der Waals surface area contributed by atoms with Gasteiger partial charge in [-0.2, -0.15) is 0 Å². The van der Waals surface area contributed by atoms with Crippen LogP contribution in [0.2, 0.25) is 0 Å². The van der Waals surface area contributed by atoms with E-state index in [0.717, 1.165) is 41.7 Å². The van der Waals surface area contributed by atoms with Crippen LogP contribution in [0.25, 0.3) is 0 Å². The van der Waals surface area contributed by atoms with Crippen molar-refractivity contribution in [1.82, 2.24) is 4.98 Å². The summed E-state index contributed by atoms with van der Waals surface area (Å²) in [6.07, 6.45) is 4.31. The predicted molar refractivity (Wildman–Crippen MR) is 106 cm³/mol. The molecule has 1 aromatic heterocycles. The molecule has 1 fully saturated rings. The van der Waals surface area contributed by atoms with Gasteiger partial charge in [0.2, 0.25) is 5.91 Å². The lowest BCUT2D eigenvalue weighted by molar-refractivity contribution is -0.118. The highest BCUT2D eigenvalue weighted by Gasteiger charge is 2.51. The van der Waals surface area contributed by atoms with E-state index < -0.39 is 0 Å². The molecule has 4 nitrogen and oxygen atoms in total. The number of carbonyl (C=O) groups is 1. The van der Waals surface area contributed by atoms with Crippen molar-refractivity contribution < 1.29 is 9.53 Å². The third kappa shape index (κ3) is 3.56. The number of benzene rings is 2.